The summed E-state index contributed by atoms with van der Waals surface area (Å²) < 4.78 is 6.61. The smallest absolute Gasteiger partial charge is 0.140 e. The van der Waals surface area contributed by atoms with Crippen LogP contribution in [0.1, 0.15) is 0 Å². The zero-order valence-corrected chi connectivity index (χ0v) is 37.9. The predicted molar refractivity (Wildman–Crippen MR) is 314 cm³/mol. The first kappa shape index (κ1) is 39.2. The van der Waals surface area contributed by atoms with E-state index < -0.39 is 0 Å². The molecule has 0 aliphatic carbocycles. The van der Waals surface area contributed by atoms with E-state index in [-0.39, 0.29) is 0 Å². The van der Waals surface area contributed by atoms with Crippen molar-refractivity contribution in [1.82, 2.24) is 0 Å². The second kappa shape index (κ2) is 13.4. The molecule has 0 aliphatic heterocycles. The fraction of sp³-hybridized carbons (Fsp3) is 0. The Balaban J connectivity index is 1.71. The molecular formula is C40H41B17O. The standard InChI is InChI=1S/C40H41B17O/c41-24-17(20-21(30(47)38(55)37(54)29(20)46)22-23(24)32(49)40(57)39(56)31(22)48)14-18-15(25(42)33(50)35(52)27(18)44)13(16-19(14)28(45)36(53)34(51)26(16)43)9-5-3-7-11-12(9)8-4-1-2-6-10(8)58-11/h1-7H,41-57H2. The van der Waals surface area contributed by atoms with Crippen LogP contribution >= 0.6 is 0 Å². The number of hydrogen-bond acceptors (Lipinski definition) is 1. The van der Waals surface area contributed by atoms with Gasteiger partial charge in [0, 0.05) is 10.8 Å². The van der Waals surface area contributed by atoms with Gasteiger partial charge in [-0.3, -0.25) is 0 Å². The van der Waals surface area contributed by atoms with Gasteiger partial charge in [-0.05, 0) is 77.5 Å². The lowest BCUT2D eigenvalue weighted by Crippen LogP contribution is -2.52. The Morgan fingerprint density at radius 2 is 0.586 bits per heavy atom. The van der Waals surface area contributed by atoms with E-state index in [0.717, 1.165) is 11.2 Å². The highest BCUT2D eigenvalue weighted by atomic mass is 16.3. The van der Waals surface area contributed by atoms with Gasteiger partial charge in [-0.2, -0.15) is 0 Å². The van der Waals surface area contributed by atoms with Crippen LogP contribution in [-0.4, -0.2) is 133 Å². The molecule has 0 radical (unpaired) electrons. The zero-order chi connectivity index (χ0) is 41.7. The van der Waals surface area contributed by atoms with Gasteiger partial charge < -0.3 is 4.42 Å². The lowest BCUT2D eigenvalue weighted by Gasteiger charge is -2.31. The van der Waals surface area contributed by atoms with Gasteiger partial charge >= 0.3 is 0 Å². The molecule has 0 unspecified atom stereocenters. The molecule has 0 saturated carbocycles. The topological polar surface area (TPSA) is 13.1 Å². The minimum Gasteiger partial charge on any atom is -0.456 e. The van der Waals surface area contributed by atoms with Crippen LogP contribution in [0.5, 0.6) is 0 Å². The first-order chi connectivity index (χ1) is 27.4. The van der Waals surface area contributed by atoms with Crippen molar-refractivity contribution in [1.29, 1.82) is 0 Å². The summed E-state index contributed by atoms with van der Waals surface area (Å²) in [6, 6.07) is 15.3. The van der Waals surface area contributed by atoms with E-state index >= 15 is 0 Å². The number of benzene rings is 8. The van der Waals surface area contributed by atoms with Crippen molar-refractivity contribution in [2.45, 2.75) is 0 Å². The van der Waals surface area contributed by atoms with Crippen molar-refractivity contribution >= 4 is 291 Å². The van der Waals surface area contributed by atoms with E-state index in [0.29, 0.717) is 0 Å². The van der Waals surface area contributed by atoms with Crippen molar-refractivity contribution in [3.05, 3.63) is 42.5 Å². The molecule has 1 nitrogen and oxygen atoms in total. The quantitative estimate of drug-likeness (QED) is 0.0984. The third kappa shape index (κ3) is 4.90. The summed E-state index contributed by atoms with van der Waals surface area (Å²) in [7, 11) is 40.2. The molecule has 1 aromatic heterocycles. The molecule has 0 fully saturated rings. The van der Waals surface area contributed by atoms with Crippen LogP contribution in [0, 0.1) is 0 Å². The third-order valence-electron chi connectivity index (χ3n) is 15.9. The Hall–Kier alpha value is -4.30. The van der Waals surface area contributed by atoms with Crippen LogP contribution in [0.3, 0.4) is 0 Å². The fourth-order valence-corrected chi connectivity index (χ4v) is 11.3. The molecule has 258 valence electrons. The van der Waals surface area contributed by atoms with Gasteiger partial charge in [-0.25, -0.2) is 0 Å². The van der Waals surface area contributed by atoms with E-state index in [1.807, 2.05) is 0 Å². The maximum absolute atomic E-state index is 6.61. The van der Waals surface area contributed by atoms with Crippen LogP contribution < -0.4 is 92.9 Å². The van der Waals surface area contributed by atoms with Crippen molar-refractivity contribution in [3.63, 3.8) is 0 Å². The number of fused-ring (bicyclic) bond motifs is 8. The van der Waals surface area contributed by atoms with E-state index in [4.69, 9.17) is 4.42 Å². The molecule has 18 heteroatoms. The van der Waals surface area contributed by atoms with Gasteiger partial charge in [0.05, 0.1) is 0 Å². The summed E-state index contributed by atoms with van der Waals surface area (Å²) in [6.07, 6.45) is 0. The number of hydrogen-bond donors (Lipinski definition) is 0. The Labute approximate surface area is 358 Å². The number of rotatable bonds is 2. The van der Waals surface area contributed by atoms with Gasteiger partial charge in [0.1, 0.15) is 145 Å². The van der Waals surface area contributed by atoms with E-state index in [1.165, 1.54) is 169 Å². The molecule has 0 N–H and O–H groups in total. The van der Waals surface area contributed by atoms with Crippen molar-refractivity contribution in [2.75, 3.05) is 0 Å². The first-order valence-electron chi connectivity index (χ1n) is 21.2. The summed E-state index contributed by atoms with van der Waals surface area (Å²) in [6.45, 7) is 0. The normalized spacial score (nSPS) is 11.9. The molecule has 1 heterocycles. The minimum absolute atomic E-state index is 0.931. The predicted octanol–water partition coefficient (Wildman–Crippen LogP) is -18.1. The highest BCUT2D eigenvalue weighted by Gasteiger charge is 2.30. The van der Waals surface area contributed by atoms with E-state index in [1.54, 1.807) is 0 Å². The average molecular weight is 722 g/mol. The van der Waals surface area contributed by atoms with Crippen molar-refractivity contribution in [2.24, 2.45) is 0 Å². The summed E-state index contributed by atoms with van der Waals surface area (Å²) in [4.78, 5) is 0. The summed E-state index contributed by atoms with van der Waals surface area (Å²) in [5.74, 6) is 0. The van der Waals surface area contributed by atoms with Gasteiger partial charge in [0.2, 0.25) is 0 Å². The number of furan rings is 1. The largest absolute Gasteiger partial charge is 0.456 e. The average Bonchev–Trinajstić information content (AvgIpc) is 3.60. The molecule has 9 aromatic rings. The Bertz CT molecular complexity index is 3340. The van der Waals surface area contributed by atoms with Crippen LogP contribution in [0.25, 0.3) is 87.3 Å². The fourth-order valence-electron chi connectivity index (χ4n) is 11.3. The van der Waals surface area contributed by atoms with Crippen molar-refractivity contribution in [3.8, 4) is 22.3 Å². The Morgan fingerprint density at radius 1 is 0.241 bits per heavy atom. The van der Waals surface area contributed by atoms with Crippen LogP contribution in [-0.2, 0) is 0 Å². The lowest BCUT2D eigenvalue weighted by atomic mass is 9.56. The molecule has 0 saturated heterocycles. The Kier molecular flexibility index (Phi) is 9.02. The molecule has 0 aliphatic rings. The van der Waals surface area contributed by atoms with Gasteiger partial charge in [0.25, 0.3) is 0 Å². The highest BCUT2D eigenvalue weighted by molar-refractivity contribution is 6.76. The second-order valence-corrected chi connectivity index (χ2v) is 18.0. The summed E-state index contributed by atoms with van der Waals surface area (Å²) in [5, 5.41) is 13.6. The summed E-state index contributed by atoms with van der Waals surface area (Å²) >= 11 is 0. The monoisotopic (exact) mass is 724 g/mol. The Morgan fingerprint density at radius 3 is 1.05 bits per heavy atom. The SMILES string of the molecule is Bc1c(B)c(B)c2c(-c3cccc4oc5ccccc5c34)c3c(B)c(B)c(B)c(B)c3c(-c3c(B)c4c(B)c(B)c(B)c(B)c4c4c(B)c(B)c(B)c(B)c34)c2c1B. The minimum atomic E-state index is 0.931. The molecule has 9 rings (SSSR count). The molecule has 0 amide bonds. The molecular weight excluding hydrogens is 680 g/mol. The zero-order valence-electron chi connectivity index (χ0n) is 37.9. The molecule has 0 atom stereocenters. The van der Waals surface area contributed by atoms with Gasteiger partial charge in [-0.15, -0.1) is 43.7 Å². The van der Waals surface area contributed by atoms with Crippen LogP contribution in [0.4, 0.5) is 0 Å². The van der Waals surface area contributed by atoms with Crippen molar-refractivity contribution < 1.29 is 4.42 Å². The maximum atomic E-state index is 6.61. The molecule has 0 spiro atoms. The van der Waals surface area contributed by atoms with E-state index in [2.05, 4.69) is 176 Å². The second-order valence-electron chi connectivity index (χ2n) is 18.0. The third-order valence-corrected chi connectivity index (χ3v) is 15.9. The van der Waals surface area contributed by atoms with Gasteiger partial charge in [-0.1, -0.05) is 79.5 Å². The lowest BCUT2D eigenvalue weighted by molar-refractivity contribution is 0.669. The highest BCUT2D eigenvalue weighted by Crippen LogP contribution is 2.45. The molecule has 58 heavy (non-hydrogen) atoms. The van der Waals surface area contributed by atoms with E-state index in [9.17, 15) is 0 Å². The van der Waals surface area contributed by atoms with Gasteiger partial charge in [0.15, 0.2) is 0 Å². The van der Waals surface area contributed by atoms with Crippen LogP contribution in [0.15, 0.2) is 46.9 Å². The number of para-hydroxylation sites is 1. The summed E-state index contributed by atoms with van der Waals surface area (Å²) in [5.41, 5.74) is 30.8. The van der Waals surface area contributed by atoms with Crippen LogP contribution in [0.2, 0.25) is 0 Å². The molecule has 0 bridgehead atoms. The molecule has 8 aromatic carbocycles. The maximum Gasteiger partial charge on any atom is 0.140 e. The first-order valence-corrected chi connectivity index (χ1v) is 21.2.